The molecular weight excluding hydrogens is 273 g/mol. The van der Waals surface area contributed by atoms with Crippen LogP contribution in [0.25, 0.3) is 0 Å². The van der Waals surface area contributed by atoms with Gasteiger partial charge in [-0.2, -0.15) is 0 Å². The maximum absolute atomic E-state index is 14.2. The second-order valence-corrected chi connectivity index (χ2v) is 4.76. The summed E-state index contributed by atoms with van der Waals surface area (Å²) >= 11 is 0. The molecular formula is C16H16FNO3. The molecule has 2 atom stereocenters. The Morgan fingerprint density at radius 1 is 1.33 bits per heavy atom. The molecule has 0 aliphatic carbocycles. The summed E-state index contributed by atoms with van der Waals surface area (Å²) in [6.45, 7) is 1.65. The summed E-state index contributed by atoms with van der Waals surface area (Å²) in [5, 5.41) is 20.2. The number of nitrogens with zero attached hydrogens (tertiary/aromatic N) is 1. The highest BCUT2D eigenvalue weighted by atomic mass is 19.1. The van der Waals surface area contributed by atoms with Gasteiger partial charge in [-0.3, -0.25) is 9.78 Å². The number of carboxylic acids is 1. The first kappa shape index (κ1) is 15.1. The van der Waals surface area contributed by atoms with Gasteiger partial charge in [0.05, 0.1) is 6.10 Å². The molecule has 2 N–H and O–H groups in total. The van der Waals surface area contributed by atoms with Crippen LogP contribution in [0, 0.1) is 5.82 Å². The molecule has 0 bridgehead atoms. The number of carbonyl (C=O) groups is 1. The lowest BCUT2D eigenvalue weighted by molar-refractivity contribution is -0.146. The van der Waals surface area contributed by atoms with Crippen molar-refractivity contribution in [1.29, 1.82) is 0 Å². The Kier molecular flexibility index (Phi) is 4.33. The smallest absolute Gasteiger partial charge is 0.321 e. The molecule has 2 unspecified atom stereocenters. The first-order valence-corrected chi connectivity index (χ1v) is 6.62. The number of pyridine rings is 1. The van der Waals surface area contributed by atoms with Crippen LogP contribution in [0.1, 0.15) is 24.5 Å². The van der Waals surface area contributed by atoms with E-state index in [9.17, 15) is 19.4 Å². The molecule has 21 heavy (non-hydrogen) atoms. The molecule has 0 aliphatic rings. The van der Waals surface area contributed by atoms with Crippen LogP contribution in [0.15, 0.2) is 48.8 Å². The minimum absolute atomic E-state index is 0.0696. The molecule has 0 spiro atoms. The maximum atomic E-state index is 14.2. The summed E-state index contributed by atoms with van der Waals surface area (Å²) in [6.07, 6.45) is 1.72. The third-order valence-corrected chi connectivity index (χ3v) is 3.64. The number of hydrogen-bond donors (Lipinski definition) is 2. The number of hydrogen-bond acceptors (Lipinski definition) is 3. The van der Waals surface area contributed by atoms with Gasteiger partial charge < -0.3 is 10.2 Å². The van der Waals surface area contributed by atoms with Crippen LogP contribution >= 0.6 is 0 Å². The molecule has 0 saturated heterocycles. The Balaban J connectivity index is 2.81. The molecule has 2 aromatic rings. The number of rotatable bonds is 5. The van der Waals surface area contributed by atoms with Crippen LogP contribution in [0.5, 0.6) is 0 Å². The summed E-state index contributed by atoms with van der Waals surface area (Å²) in [6, 6.07) is 8.70. The lowest BCUT2D eigenvalue weighted by Crippen LogP contribution is -2.48. The van der Waals surface area contributed by atoms with E-state index in [1.807, 2.05) is 0 Å². The molecule has 1 heterocycles. The fourth-order valence-electron chi connectivity index (χ4n) is 2.59. The highest BCUT2D eigenvalue weighted by Crippen LogP contribution is 2.38. The Hall–Kier alpha value is -2.27. The number of aliphatic hydroxyl groups excluding tert-OH is 1. The summed E-state index contributed by atoms with van der Waals surface area (Å²) in [7, 11) is 0. The fraction of sp³-hybridized carbons (Fsp3) is 0.250. The number of aromatic nitrogens is 1. The minimum Gasteiger partial charge on any atom is -0.480 e. The van der Waals surface area contributed by atoms with Crippen molar-refractivity contribution in [2.24, 2.45) is 0 Å². The van der Waals surface area contributed by atoms with Crippen molar-refractivity contribution in [3.05, 3.63) is 65.7 Å². The van der Waals surface area contributed by atoms with Gasteiger partial charge in [0, 0.05) is 18.0 Å². The van der Waals surface area contributed by atoms with E-state index < -0.39 is 23.3 Å². The topological polar surface area (TPSA) is 70.4 Å². The van der Waals surface area contributed by atoms with Crippen molar-refractivity contribution in [1.82, 2.24) is 4.98 Å². The summed E-state index contributed by atoms with van der Waals surface area (Å²) in [4.78, 5) is 15.9. The SMILES string of the molecule is CCC(O)C(C(=O)O)(c1cccnc1)c1ccccc1F. The molecule has 2 rings (SSSR count). The van der Waals surface area contributed by atoms with Gasteiger partial charge in [0.25, 0.3) is 0 Å². The van der Waals surface area contributed by atoms with E-state index in [1.165, 1.54) is 36.7 Å². The predicted molar refractivity (Wildman–Crippen MR) is 75.4 cm³/mol. The van der Waals surface area contributed by atoms with Crippen molar-refractivity contribution in [2.45, 2.75) is 24.9 Å². The Morgan fingerprint density at radius 3 is 2.57 bits per heavy atom. The first-order valence-electron chi connectivity index (χ1n) is 6.62. The van der Waals surface area contributed by atoms with Gasteiger partial charge in [-0.25, -0.2) is 4.39 Å². The monoisotopic (exact) mass is 289 g/mol. The van der Waals surface area contributed by atoms with Crippen molar-refractivity contribution in [2.75, 3.05) is 0 Å². The van der Waals surface area contributed by atoms with E-state index >= 15 is 0 Å². The van der Waals surface area contributed by atoms with Crippen LogP contribution < -0.4 is 0 Å². The third kappa shape index (κ3) is 2.40. The van der Waals surface area contributed by atoms with Gasteiger partial charge in [-0.15, -0.1) is 0 Å². The zero-order chi connectivity index (χ0) is 15.5. The normalized spacial score (nSPS) is 15.2. The Bertz CT molecular complexity index is 632. The summed E-state index contributed by atoms with van der Waals surface area (Å²) in [5.74, 6) is -1.98. The lowest BCUT2D eigenvalue weighted by atomic mass is 9.69. The van der Waals surface area contributed by atoms with E-state index in [4.69, 9.17) is 0 Å². The summed E-state index contributed by atoms with van der Waals surface area (Å²) < 4.78 is 14.2. The quantitative estimate of drug-likeness (QED) is 0.886. The van der Waals surface area contributed by atoms with Gasteiger partial charge in [0.1, 0.15) is 11.2 Å². The highest BCUT2D eigenvalue weighted by Gasteiger charge is 2.49. The van der Waals surface area contributed by atoms with Gasteiger partial charge in [0.15, 0.2) is 0 Å². The molecule has 1 aromatic heterocycles. The second-order valence-electron chi connectivity index (χ2n) is 4.76. The van der Waals surface area contributed by atoms with Crippen LogP contribution in [-0.2, 0) is 10.2 Å². The number of halogens is 1. The van der Waals surface area contributed by atoms with Crippen molar-refractivity contribution in [3.63, 3.8) is 0 Å². The molecule has 0 amide bonds. The Labute approximate surface area is 121 Å². The van der Waals surface area contributed by atoms with Gasteiger partial charge >= 0.3 is 5.97 Å². The van der Waals surface area contributed by atoms with E-state index in [0.29, 0.717) is 0 Å². The van der Waals surface area contributed by atoms with Crippen LogP contribution in [0.2, 0.25) is 0 Å². The van der Waals surface area contributed by atoms with E-state index in [-0.39, 0.29) is 17.5 Å². The molecule has 0 saturated carbocycles. The first-order chi connectivity index (χ1) is 10.0. The lowest BCUT2D eigenvalue weighted by Gasteiger charge is -2.34. The average Bonchev–Trinajstić information content (AvgIpc) is 2.50. The second kappa shape index (κ2) is 6.01. The zero-order valence-electron chi connectivity index (χ0n) is 11.5. The van der Waals surface area contributed by atoms with Crippen molar-refractivity contribution in [3.8, 4) is 0 Å². The van der Waals surface area contributed by atoms with Gasteiger partial charge in [-0.1, -0.05) is 31.2 Å². The molecule has 0 fully saturated rings. The highest BCUT2D eigenvalue weighted by molar-refractivity contribution is 5.87. The van der Waals surface area contributed by atoms with Crippen molar-refractivity contribution < 1.29 is 19.4 Å². The molecule has 0 aliphatic heterocycles. The molecule has 0 radical (unpaired) electrons. The minimum atomic E-state index is -1.88. The average molecular weight is 289 g/mol. The van der Waals surface area contributed by atoms with Crippen molar-refractivity contribution >= 4 is 5.97 Å². The van der Waals surface area contributed by atoms with Gasteiger partial charge in [-0.05, 0) is 24.1 Å². The maximum Gasteiger partial charge on any atom is 0.321 e. The standard InChI is InChI=1S/C16H16FNO3/c1-2-14(19)16(15(20)21,11-6-5-9-18-10-11)12-7-3-4-8-13(12)17/h3-10,14,19H,2H2,1H3,(H,20,21). The van der Waals surface area contributed by atoms with E-state index in [1.54, 1.807) is 19.1 Å². The van der Waals surface area contributed by atoms with Crippen LogP contribution in [-0.4, -0.2) is 27.3 Å². The largest absolute Gasteiger partial charge is 0.480 e. The molecule has 1 aromatic carbocycles. The van der Waals surface area contributed by atoms with E-state index in [2.05, 4.69) is 4.98 Å². The van der Waals surface area contributed by atoms with Gasteiger partial charge in [0.2, 0.25) is 0 Å². The zero-order valence-corrected chi connectivity index (χ0v) is 11.5. The van der Waals surface area contributed by atoms with E-state index in [0.717, 1.165) is 0 Å². The fourth-order valence-corrected chi connectivity index (χ4v) is 2.59. The third-order valence-electron chi connectivity index (χ3n) is 3.64. The molecule has 5 heteroatoms. The summed E-state index contributed by atoms with van der Waals surface area (Å²) in [5.41, 5.74) is -1.70. The molecule has 110 valence electrons. The number of aliphatic hydroxyl groups is 1. The number of aliphatic carboxylic acids is 1. The predicted octanol–water partition coefficient (Wildman–Crippen LogP) is 2.36. The molecule has 4 nitrogen and oxygen atoms in total. The van der Waals surface area contributed by atoms with Crippen LogP contribution in [0.3, 0.4) is 0 Å². The number of benzene rings is 1. The number of carboxylic acid groups (broad SMARTS) is 1. The Morgan fingerprint density at radius 2 is 2.05 bits per heavy atom. The van der Waals surface area contributed by atoms with Crippen LogP contribution in [0.4, 0.5) is 4.39 Å².